The number of aromatic nitrogens is 11. The van der Waals surface area contributed by atoms with Gasteiger partial charge in [-0.1, -0.05) is 48.8 Å². The second-order valence-corrected chi connectivity index (χ2v) is 8.81. The summed E-state index contributed by atoms with van der Waals surface area (Å²) in [5.41, 5.74) is 4.20. The summed E-state index contributed by atoms with van der Waals surface area (Å²) >= 11 is 0. The lowest BCUT2D eigenvalue weighted by Crippen LogP contribution is -2.27. The fourth-order valence-corrected chi connectivity index (χ4v) is 4.12. The minimum atomic E-state index is -0.177. The molecule has 1 N–H and O–H groups in total. The molecule has 0 bridgehead atoms. The number of rotatable bonds is 9. The van der Waals surface area contributed by atoms with Crippen LogP contribution in [-0.2, 0) is 13.0 Å². The van der Waals surface area contributed by atoms with Gasteiger partial charge in [-0.3, -0.25) is 9.55 Å². The van der Waals surface area contributed by atoms with Crippen molar-refractivity contribution >= 4 is 0 Å². The standard InChI is InChI=1S/C24H27N11O/c1-4-5-8-18-15-34(23-28-31-32-35(23)16(2)3)24(36)33(18)14-17-11-12-21(25-13-17)19-9-6-7-10-20(19)22-26-29-30-27-22/h6-7,9-13,15-16H,4-5,8,14H2,1-3H3,(H,26,27,29,30). The Morgan fingerprint density at radius 2 is 1.89 bits per heavy atom. The number of tetrazole rings is 2. The second kappa shape index (κ2) is 10.0. The molecule has 0 spiro atoms. The largest absolute Gasteiger partial charge is 0.335 e. The molecule has 0 saturated heterocycles. The normalized spacial score (nSPS) is 11.4. The zero-order valence-electron chi connectivity index (χ0n) is 20.4. The van der Waals surface area contributed by atoms with Crippen LogP contribution < -0.4 is 5.69 Å². The molecular weight excluding hydrogens is 458 g/mol. The number of hydrogen-bond acceptors (Lipinski definition) is 8. The third-order valence-electron chi connectivity index (χ3n) is 5.98. The molecule has 184 valence electrons. The number of benzene rings is 1. The van der Waals surface area contributed by atoms with Gasteiger partial charge in [0.25, 0.3) is 5.95 Å². The van der Waals surface area contributed by atoms with Crippen LogP contribution in [0, 0.1) is 0 Å². The molecule has 5 rings (SSSR count). The maximum atomic E-state index is 13.5. The lowest BCUT2D eigenvalue weighted by molar-refractivity contribution is 0.502. The van der Waals surface area contributed by atoms with Gasteiger partial charge in [-0.2, -0.15) is 5.21 Å². The van der Waals surface area contributed by atoms with E-state index in [1.807, 2.05) is 56.4 Å². The van der Waals surface area contributed by atoms with Crippen LogP contribution in [-0.4, -0.2) is 54.9 Å². The molecule has 0 saturated carbocycles. The molecule has 0 fully saturated rings. The van der Waals surface area contributed by atoms with Gasteiger partial charge in [-0.25, -0.2) is 14.0 Å². The molecule has 0 aliphatic heterocycles. The van der Waals surface area contributed by atoms with Crippen LogP contribution in [0.25, 0.3) is 28.6 Å². The molecule has 0 aliphatic rings. The van der Waals surface area contributed by atoms with Crippen molar-refractivity contribution < 1.29 is 0 Å². The summed E-state index contributed by atoms with van der Waals surface area (Å²) in [7, 11) is 0. The Kier molecular flexibility index (Phi) is 6.48. The third kappa shape index (κ3) is 4.44. The van der Waals surface area contributed by atoms with Crippen LogP contribution in [0.4, 0.5) is 0 Å². The predicted molar refractivity (Wildman–Crippen MR) is 132 cm³/mol. The van der Waals surface area contributed by atoms with E-state index in [1.54, 1.807) is 15.4 Å². The SMILES string of the molecule is CCCCc1cn(-c2nnnn2C(C)C)c(=O)n1Cc1ccc(-c2ccccc2-c2nn[nH]n2)nc1. The van der Waals surface area contributed by atoms with E-state index in [4.69, 9.17) is 0 Å². The number of pyridine rings is 1. The van der Waals surface area contributed by atoms with E-state index in [1.165, 1.54) is 4.57 Å². The molecule has 5 aromatic rings. The average Bonchev–Trinajstić information content (AvgIpc) is 3.65. The zero-order valence-corrected chi connectivity index (χ0v) is 20.4. The molecule has 0 atom stereocenters. The van der Waals surface area contributed by atoms with Crippen LogP contribution in [0.2, 0.25) is 0 Å². The number of hydrogen-bond donors (Lipinski definition) is 1. The Morgan fingerprint density at radius 3 is 2.58 bits per heavy atom. The highest BCUT2D eigenvalue weighted by molar-refractivity contribution is 5.78. The third-order valence-corrected chi connectivity index (χ3v) is 5.98. The summed E-state index contributed by atoms with van der Waals surface area (Å²) in [5, 5.41) is 26.3. The number of H-pyrrole nitrogens is 1. The van der Waals surface area contributed by atoms with Crippen LogP contribution in [0.3, 0.4) is 0 Å². The maximum absolute atomic E-state index is 13.5. The van der Waals surface area contributed by atoms with Gasteiger partial charge in [-0.15, -0.1) is 10.2 Å². The first-order valence-electron chi connectivity index (χ1n) is 11.9. The summed E-state index contributed by atoms with van der Waals surface area (Å²) in [4.78, 5) is 18.2. The smallest absolute Gasteiger partial charge is 0.291 e. The molecule has 4 heterocycles. The lowest BCUT2D eigenvalue weighted by atomic mass is 10.0. The fourth-order valence-electron chi connectivity index (χ4n) is 4.12. The van der Waals surface area contributed by atoms with Crippen molar-refractivity contribution in [2.75, 3.05) is 0 Å². The minimum absolute atomic E-state index is 0.0245. The summed E-state index contributed by atoms with van der Waals surface area (Å²) in [6.45, 7) is 6.48. The molecule has 4 aromatic heterocycles. The van der Waals surface area contributed by atoms with Crippen molar-refractivity contribution in [2.45, 2.75) is 52.6 Å². The first kappa shape index (κ1) is 23.3. The zero-order chi connectivity index (χ0) is 25.1. The maximum Gasteiger partial charge on any atom is 0.335 e. The first-order chi connectivity index (χ1) is 17.6. The number of imidazole rings is 1. The molecule has 12 heteroatoms. The lowest BCUT2D eigenvalue weighted by Gasteiger charge is -2.09. The molecular formula is C24H27N11O. The number of nitrogens with zero attached hydrogens (tertiary/aromatic N) is 10. The molecule has 0 aliphatic carbocycles. The van der Waals surface area contributed by atoms with Gasteiger partial charge < -0.3 is 0 Å². The molecule has 12 nitrogen and oxygen atoms in total. The van der Waals surface area contributed by atoms with Gasteiger partial charge in [0.2, 0.25) is 5.82 Å². The van der Waals surface area contributed by atoms with Crippen molar-refractivity contribution in [3.8, 4) is 28.6 Å². The van der Waals surface area contributed by atoms with Crippen LogP contribution in [0.15, 0.2) is 53.6 Å². The minimum Gasteiger partial charge on any atom is -0.291 e. The highest BCUT2D eigenvalue weighted by Crippen LogP contribution is 2.28. The Labute approximate surface area is 207 Å². The number of aryl methyl sites for hydroxylation is 1. The first-order valence-corrected chi connectivity index (χ1v) is 11.9. The van der Waals surface area contributed by atoms with Crippen molar-refractivity contribution in [3.63, 3.8) is 0 Å². The Hall–Kier alpha value is -4.48. The molecule has 0 amide bonds. The fraction of sp³-hybridized carbons (Fsp3) is 0.333. The van der Waals surface area contributed by atoms with Gasteiger partial charge in [0.05, 0.1) is 18.3 Å². The van der Waals surface area contributed by atoms with E-state index in [0.717, 1.165) is 47.3 Å². The van der Waals surface area contributed by atoms with Gasteiger partial charge in [-0.05, 0) is 54.0 Å². The molecule has 1 aromatic carbocycles. The van der Waals surface area contributed by atoms with Gasteiger partial charge in [0.1, 0.15) is 0 Å². The number of nitrogens with one attached hydrogen (secondary N) is 1. The second-order valence-electron chi connectivity index (χ2n) is 8.81. The molecule has 0 radical (unpaired) electrons. The average molecular weight is 486 g/mol. The Morgan fingerprint density at radius 1 is 1.06 bits per heavy atom. The van der Waals surface area contributed by atoms with Crippen molar-refractivity contribution in [1.29, 1.82) is 0 Å². The van der Waals surface area contributed by atoms with Crippen molar-refractivity contribution in [3.05, 3.63) is 70.5 Å². The van der Waals surface area contributed by atoms with Crippen molar-refractivity contribution in [1.82, 2.24) is 54.9 Å². The quantitative estimate of drug-likeness (QED) is 0.336. The Bertz CT molecular complexity index is 1490. The summed E-state index contributed by atoms with van der Waals surface area (Å²) < 4.78 is 4.96. The van der Waals surface area contributed by atoms with Crippen LogP contribution in [0.5, 0.6) is 0 Å². The van der Waals surface area contributed by atoms with E-state index in [-0.39, 0.29) is 11.7 Å². The Balaban J connectivity index is 1.47. The number of unbranched alkanes of at least 4 members (excludes halogenated alkanes) is 1. The van der Waals surface area contributed by atoms with E-state index < -0.39 is 0 Å². The van der Waals surface area contributed by atoms with Gasteiger partial charge >= 0.3 is 5.69 Å². The van der Waals surface area contributed by atoms with Crippen LogP contribution in [0.1, 0.15) is 50.9 Å². The summed E-state index contributed by atoms with van der Waals surface area (Å²) in [5.74, 6) is 0.923. The van der Waals surface area contributed by atoms with E-state index >= 15 is 0 Å². The van der Waals surface area contributed by atoms with Crippen molar-refractivity contribution in [2.24, 2.45) is 0 Å². The van der Waals surface area contributed by atoms with Gasteiger partial charge in [0, 0.05) is 29.2 Å². The van der Waals surface area contributed by atoms with Crippen LogP contribution >= 0.6 is 0 Å². The highest BCUT2D eigenvalue weighted by Gasteiger charge is 2.19. The highest BCUT2D eigenvalue weighted by atomic mass is 16.2. The molecule has 0 unspecified atom stereocenters. The van der Waals surface area contributed by atoms with E-state index in [0.29, 0.717) is 18.3 Å². The summed E-state index contributed by atoms with van der Waals surface area (Å²) in [6, 6.07) is 11.7. The molecule has 36 heavy (non-hydrogen) atoms. The van der Waals surface area contributed by atoms with Gasteiger partial charge in [0.15, 0.2) is 0 Å². The number of aromatic amines is 1. The topological polar surface area (TPSA) is 138 Å². The monoisotopic (exact) mass is 485 g/mol. The van der Waals surface area contributed by atoms with E-state index in [2.05, 4.69) is 48.1 Å². The van der Waals surface area contributed by atoms with E-state index in [9.17, 15) is 4.79 Å². The summed E-state index contributed by atoms with van der Waals surface area (Å²) in [6.07, 6.45) is 6.44. The predicted octanol–water partition coefficient (Wildman–Crippen LogP) is 2.84.